The smallest absolute Gasteiger partial charge is 0.261 e. The monoisotopic (exact) mass is 498 g/mol. The van der Waals surface area contributed by atoms with Crippen LogP contribution in [0.4, 0.5) is 5.69 Å². The van der Waals surface area contributed by atoms with E-state index in [0.717, 1.165) is 54.6 Å². The van der Waals surface area contributed by atoms with Crippen molar-refractivity contribution in [3.8, 4) is 11.4 Å². The molecule has 190 valence electrons. The van der Waals surface area contributed by atoms with Crippen molar-refractivity contribution in [1.82, 2.24) is 24.8 Å². The van der Waals surface area contributed by atoms with E-state index in [1.165, 1.54) is 0 Å². The number of rotatable bonds is 4. The summed E-state index contributed by atoms with van der Waals surface area (Å²) in [5.74, 6) is 1.07. The quantitative estimate of drug-likeness (QED) is 0.399. The lowest BCUT2D eigenvalue weighted by Gasteiger charge is -2.45. The average Bonchev–Trinajstić information content (AvgIpc) is 3.37. The molecule has 3 N–H and O–H groups in total. The highest BCUT2D eigenvalue weighted by Crippen LogP contribution is 2.36. The van der Waals surface area contributed by atoms with Crippen LogP contribution in [0.1, 0.15) is 23.2 Å². The molecule has 0 saturated carbocycles. The number of fused-ring (bicyclic) bond motifs is 5. The molecule has 0 unspecified atom stereocenters. The number of para-hydroxylation sites is 2. The van der Waals surface area contributed by atoms with Crippen molar-refractivity contribution in [2.24, 2.45) is 5.92 Å². The first-order valence-corrected chi connectivity index (χ1v) is 13.1. The van der Waals surface area contributed by atoms with Crippen LogP contribution >= 0.6 is 0 Å². The number of anilines is 1. The summed E-state index contributed by atoms with van der Waals surface area (Å²) in [5, 5.41) is 4.67. The number of amides is 1. The van der Waals surface area contributed by atoms with Gasteiger partial charge in [-0.1, -0.05) is 12.1 Å². The van der Waals surface area contributed by atoms with Crippen LogP contribution in [0.3, 0.4) is 0 Å². The maximum absolute atomic E-state index is 13.6. The van der Waals surface area contributed by atoms with Crippen LogP contribution in [-0.2, 0) is 4.74 Å². The molecule has 0 radical (unpaired) electrons. The first kappa shape index (κ1) is 22.5. The molecular formula is C28H30N6O3. The van der Waals surface area contributed by atoms with E-state index in [-0.39, 0.29) is 17.5 Å². The maximum Gasteiger partial charge on any atom is 0.261 e. The standard InChI is InChI=1S/C28H30N6O3/c35-27-24(26-30-20-3-1-2-4-21(20)31-26)25(29-23-16-33-9-7-17(23)8-10-33)19-6-5-18(15-22(19)32-27)28(36)34-11-13-37-14-12-34/h1-6,15,17,23H,7-14,16H2,(H,30,31)(H2,29,32,35)/t23-/m0/s1. The molecule has 4 aliphatic heterocycles. The third-order valence-corrected chi connectivity index (χ3v) is 8.17. The molecule has 2 aromatic carbocycles. The van der Waals surface area contributed by atoms with Gasteiger partial charge in [-0.3, -0.25) is 9.59 Å². The van der Waals surface area contributed by atoms with E-state index >= 15 is 0 Å². The number of nitrogens with one attached hydrogen (secondary N) is 3. The van der Waals surface area contributed by atoms with Gasteiger partial charge < -0.3 is 29.8 Å². The van der Waals surface area contributed by atoms with Crippen LogP contribution in [0.25, 0.3) is 33.3 Å². The van der Waals surface area contributed by atoms with Crippen LogP contribution in [0.5, 0.6) is 0 Å². The highest BCUT2D eigenvalue weighted by Gasteiger charge is 2.35. The lowest BCUT2D eigenvalue weighted by molar-refractivity contribution is 0.0303. The lowest BCUT2D eigenvalue weighted by atomic mass is 9.83. The summed E-state index contributed by atoms with van der Waals surface area (Å²) in [7, 11) is 0. The molecule has 2 bridgehead atoms. The fourth-order valence-electron chi connectivity index (χ4n) is 6.14. The van der Waals surface area contributed by atoms with Gasteiger partial charge in [0.1, 0.15) is 11.4 Å². The van der Waals surface area contributed by atoms with Gasteiger partial charge in [0, 0.05) is 36.6 Å². The zero-order chi connectivity index (χ0) is 24.9. The summed E-state index contributed by atoms with van der Waals surface area (Å²) in [6, 6.07) is 13.7. The molecule has 0 aliphatic carbocycles. The van der Waals surface area contributed by atoms with Gasteiger partial charge in [0.25, 0.3) is 11.5 Å². The summed E-state index contributed by atoms with van der Waals surface area (Å²) in [6.07, 6.45) is 2.33. The molecular weight excluding hydrogens is 468 g/mol. The molecule has 2 aromatic heterocycles. The van der Waals surface area contributed by atoms with E-state index in [9.17, 15) is 9.59 Å². The van der Waals surface area contributed by atoms with Crippen molar-refractivity contribution in [3.05, 3.63) is 58.4 Å². The normalized spacial score (nSPS) is 23.6. The first-order valence-electron chi connectivity index (χ1n) is 13.1. The van der Waals surface area contributed by atoms with E-state index in [1.807, 2.05) is 36.4 Å². The number of ether oxygens (including phenoxy) is 1. The minimum absolute atomic E-state index is 0.0423. The third kappa shape index (κ3) is 3.98. The molecule has 9 nitrogen and oxygen atoms in total. The zero-order valence-electron chi connectivity index (χ0n) is 20.6. The average molecular weight is 499 g/mol. The molecule has 6 heterocycles. The van der Waals surface area contributed by atoms with Crippen molar-refractivity contribution < 1.29 is 9.53 Å². The highest BCUT2D eigenvalue weighted by molar-refractivity contribution is 6.03. The Kier molecular flexibility index (Phi) is 5.48. The molecule has 4 fully saturated rings. The highest BCUT2D eigenvalue weighted by atomic mass is 16.5. The summed E-state index contributed by atoms with van der Waals surface area (Å²) in [4.78, 5) is 42.2. The molecule has 1 atom stereocenters. The van der Waals surface area contributed by atoms with Gasteiger partial charge in [-0.2, -0.15) is 0 Å². The Labute approximate surface area is 213 Å². The second-order valence-electron chi connectivity index (χ2n) is 10.4. The predicted octanol–water partition coefficient (Wildman–Crippen LogP) is 3.05. The van der Waals surface area contributed by atoms with Crippen molar-refractivity contribution in [3.63, 3.8) is 0 Å². The predicted molar refractivity (Wildman–Crippen MR) is 143 cm³/mol. The minimum Gasteiger partial charge on any atom is -0.379 e. The van der Waals surface area contributed by atoms with E-state index in [4.69, 9.17) is 9.72 Å². The number of carbonyl (C=O) groups is 1. The summed E-state index contributed by atoms with van der Waals surface area (Å²) >= 11 is 0. The third-order valence-electron chi connectivity index (χ3n) is 8.17. The van der Waals surface area contributed by atoms with Crippen LogP contribution in [-0.4, -0.2) is 82.6 Å². The topological polar surface area (TPSA) is 106 Å². The Morgan fingerprint density at radius 1 is 1.00 bits per heavy atom. The number of pyridine rings is 1. The fourth-order valence-corrected chi connectivity index (χ4v) is 6.14. The number of imidazole rings is 1. The largest absolute Gasteiger partial charge is 0.379 e. The summed E-state index contributed by atoms with van der Waals surface area (Å²) in [6.45, 7) is 5.49. The number of morpholine rings is 1. The number of carbonyl (C=O) groups excluding carboxylic acids is 1. The number of hydrogen-bond acceptors (Lipinski definition) is 6. The van der Waals surface area contributed by atoms with Crippen molar-refractivity contribution in [2.45, 2.75) is 18.9 Å². The first-order chi connectivity index (χ1) is 18.1. The number of aromatic nitrogens is 3. The molecule has 4 aliphatic rings. The van der Waals surface area contributed by atoms with E-state index < -0.39 is 0 Å². The van der Waals surface area contributed by atoms with Gasteiger partial charge in [0.2, 0.25) is 0 Å². The van der Waals surface area contributed by atoms with Crippen LogP contribution in [0, 0.1) is 5.92 Å². The van der Waals surface area contributed by atoms with E-state index in [0.29, 0.717) is 54.7 Å². The van der Waals surface area contributed by atoms with E-state index in [2.05, 4.69) is 20.2 Å². The van der Waals surface area contributed by atoms with Crippen LogP contribution < -0.4 is 10.9 Å². The fraction of sp³-hybridized carbons (Fsp3) is 0.393. The van der Waals surface area contributed by atoms with Gasteiger partial charge in [-0.15, -0.1) is 0 Å². The van der Waals surface area contributed by atoms with Crippen molar-refractivity contribution >= 4 is 33.5 Å². The second kappa shape index (κ2) is 9.00. The number of piperidine rings is 3. The van der Waals surface area contributed by atoms with Crippen LogP contribution in [0.2, 0.25) is 0 Å². The molecule has 1 amide bonds. The molecule has 8 rings (SSSR count). The molecule has 9 heteroatoms. The Bertz CT molecular complexity index is 1510. The molecule has 37 heavy (non-hydrogen) atoms. The molecule has 4 saturated heterocycles. The van der Waals surface area contributed by atoms with Gasteiger partial charge >= 0.3 is 0 Å². The zero-order valence-corrected chi connectivity index (χ0v) is 20.6. The van der Waals surface area contributed by atoms with Gasteiger partial charge in [-0.25, -0.2) is 4.98 Å². The minimum atomic E-state index is -0.230. The van der Waals surface area contributed by atoms with E-state index in [1.54, 1.807) is 11.0 Å². The van der Waals surface area contributed by atoms with Crippen LogP contribution in [0.15, 0.2) is 47.3 Å². The summed E-state index contributed by atoms with van der Waals surface area (Å²) in [5.41, 5.74) is 3.97. The van der Waals surface area contributed by atoms with Gasteiger partial charge in [0.15, 0.2) is 0 Å². The SMILES string of the molecule is O=C(c1ccc2c(N[C@H]3CN4CCC3CC4)c(-c3nc4ccccc4[nH]3)c(=O)[nH]c2c1)N1CCOCC1. The molecule has 4 aromatic rings. The number of H-pyrrole nitrogens is 2. The molecule has 0 spiro atoms. The van der Waals surface area contributed by atoms with Gasteiger partial charge in [-0.05, 0) is 62.2 Å². The Morgan fingerprint density at radius 2 is 1.81 bits per heavy atom. The number of aromatic amines is 2. The Balaban J connectivity index is 1.35. The number of nitrogens with zero attached hydrogens (tertiary/aromatic N) is 3. The maximum atomic E-state index is 13.6. The van der Waals surface area contributed by atoms with Crippen molar-refractivity contribution in [1.29, 1.82) is 0 Å². The Hall–Kier alpha value is -3.69. The van der Waals surface area contributed by atoms with Gasteiger partial charge in [0.05, 0.1) is 35.5 Å². The number of hydrogen-bond donors (Lipinski definition) is 3. The van der Waals surface area contributed by atoms with Crippen molar-refractivity contribution in [2.75, 3.05) is 51.3 Å². The second-order valence-corrected chi connectivity index (χ2v) is 10.4. The Morgan fingerprint density at radius 3 is 2.57 bits per heavy atom. The number of benzene rings is 2. The lowest BCUT2D eigenvalue weighted by Crippen LogP contribution is -2.53. The summed E-state index contributed by atoms with van der Waals surface area (Å²) < 4.78 is 5.40.